The van der Waals surface area contributed by atoms with Crippen LogP contribution in [0.3, 0.4) is 0 Å². The van der Waals surface area contributed by atoms with Crippen molar-refractivity contribution in [3.8, 4) is 0 Å². The van der Waals surface area contributed by atoms with E-state index >= 15 is 0 Å². The maximum absolute atomic E-state index is 12.4. The van der Waals surface area contributed by atoms with E-state index in [0.29, 0.717) is 0 Å². The fraction of sp³-hybridized carbons (Fsp3) is 0.467. The molecule has 0 amide bonds. The Hall–Kier alpha value is -1.17. The van der Waals surface area contributed by atoms with Gasteiger partial charge < -0.3 is 0 Å². The SMILES string of the molecule is CC(C)=C(C)[C@@H]1[C@@H](c2ccccc2)N1S(=O)(=O)N(C)C. The molecular formula is C15H22N2O2S. The van der Waals surface area contributed by atoms with Gasteiger partial charge in [0.05, 0.1) is 12.1 Å². The van der Waals surface area contributed by atoms with Crippen molar-refractivity contribution in [3.05, 3.63) is 47.0 Å². The van der Waals surface area contributed by atoms with Gasteiger partial charge in [0.1, 0.15) is 0 Å². The summed E-state index contributed by atoms with van der Waals surface area (Å²) >= 11 is 0. The molecule has 20 heavy (non-hydrogen) atoms. The summed E-state index contributed by atoms with van der Waals surface area (Å²) in [6.45, 7) is 6.06. The quantitative estimate of drug-likeness (QED) is 0.632. The molecule has 1 fully saturated rings. The Morgan fingerprint density at radius 3 is 2.10 bits per heavy atom. The summed E-state index contributed by atoms with van der Waals surface area (Å²) in [6, 6.07) is 9.67. The first kappa shape index (κ1) is 15.2. The third kappa shape index (κ3) is 2.53. The molecule has 0 bridgehead atoms. The van der Waals surface area contributed by atoms with Crippen LogP contribution in [0.25, 0.3) is 0 Å². The third-order valence-corrected chi connectivity index (χ3v) is 5.77. The highest BCUT2D eigenvalue weighted by Gasteiger charge is 2.57. The lowest BCUT2D eigenvalue weighted by Gasteiger charge is -2.13. The molecule has 0 aromatic heterocycles. The van der Waals surface area contributed by atoms with E-state index in [4.69, 9.17) is 0 Å². The molecule has 1 aromatic carbocycles. The van der Waals surface area contributed by atoms with Crippen molar-refractivity contribution in [3.63, 3.8) is 0 Å². The van der Waals surface area contributed by atoms with Crippen molar-refractivity contribution in [1.82, 2.24) is 8.61 Å². The Balaban J connectivity index is 2.43. The van der Waals surface area contributed by atoms with Gasteiger partial charge in [-0.3, -0.25) is 0 Å². The largest absolute Gasteiger partial charge is 0.282 e. The average Bonchev–Trinajstić information content (AvgIpc) is 3.14. The summed E-state index contributed by atoms with van der Waals surface area (Å²) in [5.41, 5.74) is 3.35. The third-order valence-electron chi connectivity index (χ3n) is 3.86. The zero-order valence-electron chi connectivity index (χ0n) is 12.7. The molecule has 110 valence electrons. The molecule has 0 aliphatic carbocycles. The molecule has 1 aliphatic heterocycles. The van der Waals surface area contributed by atoms with Gasteiger partial charge in [-0.05, 0) is 26.3 Å². The summed E-state index contributed by atoms with van der Waals surface area (Å²) in [4.78, 5) is 0. The van der Waals surface area contributed by atoms with E-state index in [2.05, 4.69) is 0 Å². The Kier molecular flexibility index (Phi) is 4.04. The lowest BCUT2D eigenvalue weighted by molar-refractivity contribution is 0.475. The van der Waals surface area contributed by atoms with Gasteiger partial charge in [-0.25, -0.2) is 0 Å². The average molecular weight is 294 g/mol. The van der Waals surface area contributed by atoms with Crippen molar-refractivity contribution in [2.75, 3.05) is 14.1 Å². The molecule has 3 atom stereocenters. The van der Waals surface area contributed by atoms with E-state index in [1.165, 1.54) is 9.88 Å². The highest BCUT2D eigenvalue weighted by atomic mass is 32.2. The van der Waals surface area contributed by atoms with E-state index in [0.717, 1.165) is 11.1 Å². The minimum atomic E-state index is -3.40. The fourth-order valence-corrected chi connectivity index (χ4v) is 3.80. The van der Waals surface area contributed by atoms with Crippen LogP contribution >= 0.6 is 0 Å². The summed E-state index contributed by atoms with van der Waals surface area (Å²) in [6.07, 6.45) is 0. The van der Waals surface area contributed by atoms with Gasteiger partial charge >= 0.3 is 0 Å². The zero-order valence-corrected chi connectivity index (χ0v) is 13.5. The normalized spacial score (nSPS) is 25.6. The van der Waals surface area contributed by atoms with Crippen molar-refractivity contribution in [1.29, 1.82) is 0 Å². The van der Waals surface area contributed by atoms with E-state index in [1.54, 1.807) is 18.4 Å². The molecule has 1 heterocycles. The van der Waals surface area contributed by atoms with Gasteiger partial charge in [0.25, 0.3) is 10.2 Å². The van der Waals surface area contributed by atoms with E-state index in [1.807, 2.05) is 51.1 Å². The van der Waals surface area contributed by atoms with Crippen LogP contribution in [0.15, 0.2) is 41.5 Å². The molecule has 1 unspecified atom stereocenters. The van der Waals surface area contributed by atoms with E-state index in [-0.39, 0.29) is 12.1 Å². The monoisotopic (exact) mass is 294 g/mol. The molecule has 2 rings (SSSR count). The minimum absolute atomic E-state index is 0.0604. The first-order chi connectivity index (χ1) is 9.28. The van der Waals surface area contributed by atoms with Crippen molar-refractivity contribution in [2.24, 2.45) is 0 Å². The number of nitrogens with zero attached hydrogens (tertiary/aromatic N) is 2. The number of rotatable bonds is 4. The molecule has 0 saturated carbocycles. The van der Waals surface area contributed by atoms with Crippen LogP contribution in [0.2, 0.25) is 0 Å². The topological polar surface area (TPSA) is 40.4 Å². The van der Waals surface area contributed by atoms with Crippen LogP contribution in [0.4, 0.5) is 0 Å². The van der Waals surface area contributed by atoms with Crippen molar-refractivity contribution >= 4 is 10.2 Å². The van der Waals surface area contributed by atoms with Crippen molar-refractivity contribution < 1.29 is 8.42 Å². The Morgan fingerprint density at radius 1 is 1.10 bits per heavy atom. The standard InChI is InChI=1S/C15H22N2O2S/c1-11(2)12(3)14-15(13-9-7-6-8-10-13)17(14)20(18,19)16(4)5/h6-10,14-15H,1-5H3/t14-,15-,17?/m1/s1. The smallest absolute Gasteiger partial charge is 0.195 e. The molecule has 0 spiro atoms. The minimum Gasteiger partial charge on any atom is -0.195 e. The van der Waals surface area contributed by atoms with Crippen molar-refractivity contribution in [2.45, 2.75) is 32.9 Å². The van der Waals surface area contributed by atoms with Gasteiger partial charge in [0.2, 0.25) is 0 Å². The Morgan fingerprint density at radius 2 is 1.65 bits per heavy atom. The van der Waals surface area contributed by atoms with Gasteiger partial charge in [-0.1, -0.05) is 41.5 Å². The van der Waals surface area contributed by atoms with Crippen LogP contribution < -0.4 is 0 Å². The van der Waals surface area contributed by atoms with Crippen LogP contribution in [0.1, 0.15) is 32.4 Å². The maximum atomic E-state index is 12.4. The number of benzene rings is 1. The van der Waals surface area contributed by atoms with Gasteiger partial charge in [-0.15, -0.1) is 0 Å². The molecule has 1 aromatic rings. The Labute approximate surface area is 121 Å². The molecule has 4 nitrogen and oxygen atoms in total. The summed E-state index contributed by atoms with van der Waals surface area (Å²) in [5.74, 6) is 0. The highest BCUT2D eigenvalue weighted by molar-refractivity contribution is 7.87. The summed E-state index contributed by atoms with van der Waals surface area (Å²) in [5, 5.41) is 0. The van der Waals surface area contributed by atoms with E-state index in [9.17, 15) is 8.42 Å². The second-order valence-electron chi connectivity index (χ2n) is 5.60. The van der Waals surface area contributed by atoms with Crippen LogP contribution in [0, 0.1) is 0 Å². The summed E-state index contributed by atoms with van der Waals surface area (Å²) < 4.78 is 27.8. The second-order valence-corrected chi connectivity index (χ2v) is 7.65. The molecule has 0 radical (unpaired) electrons. The lowest BCUT2D eigenvalue weighted by atomic mass is 10.0. The molecule has 0 N–H and O–H groups in total. The van der Waals surface area contributed by atoms with Gasteiger partial charge in [-0.2, -0.15) is 17.0 Å². The zero-order chi connectivity index (χ0) is 15.1. The maximum Gasteiger partial charge on any atom is 0.282 e. The predicted octanol–water partition coefficient (Wildman–Crippen LogP) is 2.57. The molecule has 1 saturated heterocycles. The fourth-order valence-electron chi connectivity index (χ4n) is 2.39. The Bertz CT molecular complexity index is 617. The molecule has 5 heteroatoms. The van der Waals surface area contributed by atoms with Crippen LogP contribution in [-0.2, 0) is 10.2 Å². The number of hydrogen-bond acceptors (Lipinski definition) is 2. The number of allylic oxidation sites excluding steroid dienone is 1. The highest BCUT2D eigenvalue weighted by Crippen LogP contribution is 2.50. The van der Waals surface area contributed by atoms with Crippen LogP contribution in [0.5, 0.6) is 0 Å². The van der Waals surface area contributed by atoms with E-state index < -0.39 is 10.2 Å². The molecule has 1 aliphatic rings. The number of hydrogen-bond donors (Lipinski definition) is 0. The van der Waals surface area contributed by atoms with Gasteiger partial charge in [0, 0.05) is 14.1 Å². The van der Waals surface area contributed by atoms with Crippen LogP contribution in [-0.4, -0.2) is 37.2 Å². The first-order valence-electron chi connectivity index (χ1n) is 6.68. The first-order valence-corrected chi connectivity index (χ1v) is 8.08. The predicted molar refractivity (Wildman–Crippen MR) is 81.5 cm³/mol. The summed E-state index contributed by atoms with van der Waals surface area (Å²) in [7, 11) is -0.248. The lowest BCUT2D eigenvalue weighted by Crippen LogP contribution is -2.30. The second kappa shape index (κ2) is 5.31. The molecular weight excluding hydrogens is 272 g/mol. The van der Waals surface area contributed by atoms with Gasteiger partial charge in [0.15, 0.2) is 0 Å².